The Morgan fingerprint density at radius 2 is 2.22 bits per heavy atom. The van der Waals surface area contributed by atoms with Gasteiger partial charge < -0.3 is 15.0 Å². The number of halogens is 1. The van der Waals surface area contributed by atoms with E-state index in [0.717, 1.165) is 0 Å². The van der Waals surface area contributed by atoms with Crippen molar-refractivity contribution in [3.05, 3.63) is 24.3 Å². The van der Waals surface area contributed by atoms with Crippen LogP contribution in [0.15, 0.2) is 24.3 Å². The van der Waals surface area contributed by atoms with E-state index in [1.54, 1.807) is 24.3 Å². The quantitative estimate of drug-likeness (QED) is 0.806. The van der Waals surface area contributed by atoms with Crippen molar-refractivity contribution in [3.8, 4) is 5.75 Å². The molecule has 2 rings (SSSR count). The van der Waals surface area contributed by atoms with Crippen LogP contribution >= 0.6 is 11.6 Å². The molecule has 0 aromatic heterocycles. The maximum atomic E-state index is 11.8. The van der Waals surface area contributed by atoms with Crippen LogP contribution < -0.4 is 15.0 Å². The first-order valence-electron chi connectivity index (χ1n) is 5.51. The average molecular weight is 269 g/mol. The zero-order valence-electron chi connectivity index (χ0n) is 9.85. The minimum absolute atomic E-state index is 0.130. The van der Waals surface area contributed by atoms with Crippen molar-refractivity contribution >= 4 is 29.1 Å². The summed E-state index contributed by atoms with van der Waals surface area (Å²) in [6.07, 6.45) is -0.711. The standard InChI is InChI=1S/C12H13ClN2O3/c1-14-12(17)10-7-15(11(16)6-13)8-4-2-3-5-9(8)18-10/h2-5,10H,6-7H2,1H3,(H,14,17). The van der Waals surface area contributed by atoms with E-state index < -0.39 is 6.10 Å². The summed E-state index contributed by atoms with van der Waals surface area (Å²) in [5, 5.41) is 2.51. The first-order valence-corrected chi connectivity index (χ1v) is 6.04. The minimum atomic E-state index is -0.711. The molecule has 1 N–H and O–H groups in total. The second-order valence-corrected chi connectivity index (χ2v) is 4.09. The van der Waals surface area contributed by atoms with E-state index in [9.17, 15) is 9.59 Å². The number of amides is 2. The Hall–Kier alpha value is -1.75. The molecule has 0 radical (unpaired) electrons. The molecule has 1 aromatic rings. The Kier molecular flexibility index (Phi) is 3.72. The summed E-state index contributed by atoms with van der Waals surface area (Å²) in [5.74, 6) is -0.136. The van der Waals surface area contributed by atoms with E-state index in [2.05, 4.69) is 5.32 Å². The summed E-state index contributed by atoms with van der Waals surface area (Å²) < 4.78 is 5.56. The first-order chi connectivity index (χ1) is 8.67. The molecule has 0 saturated heterocycles. The number of ether oxygens (including phenoxy) is 1. The van der Waals surface area contributed by atoms with Gasteiger partial charge in [-0.25, -0.2) is 0 Å². The molecule has 0 aliphatic carbocycles. The molecule has 6 heteroatoms. The van der Waals surface area contributed by atoms with Crippen molar-refractivity contribution in [2.75, 3.05) is 24.4 Å². The highest BCUT2D eigenvalue weighted by molar-refractivity contribution is 6.29. The molecular formula is C12H13ClN2O3. The maximum absolute atomic E-state index is 11.8. The lowest BCUT2D eigenvalue weighted by atomic mass is 10.2. The average Bonchev–Trinajstić information content (AvgIpc) is 2.44. The number of hydrogen-bond acceptors (Lipinski definition) is 3. The number of carbonyl (C=O) groups is 2. The highest BCUT2D eigenvalue weighted by Crippen LogP contribution is 2.33. The molecule has 1 atom stereocenters. The zero-order valence-corrected chi connectivity index (χ0v) is 10.6. The third kappa shape index (κ3) is 2.26. The SMILES string of the molecule is CNC(=O)C1CN(C(=O)CCl)c2ccccc2O1. The summed E-state index contributed by atoms with van der Waals surface area (Å²) in [4.78, 5) is 24.9. The molecule has 2 amide bonds. The number of rotatable bonds is 2. The Balaban J connectivity index is 2.35. The van der Waals surface area contributed by atoms with Crippen LogP contribution in [0.2, 0.25) is 0 Å². The zero-order chi connectivity index (χ0) is 13.1. The van der Waals surface area contributed by atoms with Gasteiger partial charge in [-0.1, -0.05) is 12.1 Å². The molecule has 0 bridgehead atoms. The van der Waals surface area contributed by atoms with Gasteiger partial charge in [0, 0.05) is 7.05 Å². The summed E-state index contributed by atoms with van der Waals surface area (Å²) in [7, 11) is 1.53. The molecule has 1 heterocycles. The number of likely N-dealkylation sites (N-methyl/N-ethyl adjacent to an activating group) is 1. The van der Waals surface area contributed by atoms with Crippen LogP contribution in [0.25, 0.3) is 0 Å². The van der Waals surface area contributed by atoms with Gasteiger partial charge in [-0.15, -0.1) is 11.6 Å². The molecular weight excluding hydrogens is 256 g/mol. The summed E-state index contributed by atoms with van der Waals surface area (Å²) in [6.45, 7) is 0.169. The fourth-order valence-electron chi connectivity index (χ4n) is 1.84. The Morgan fingerprint density at radius 3 is 2.89 bits per heavy atom. The van der Waals surface area contributed by atoms with Crippen LogP contribution in [0.3, 0.4) is 0 Å². The second-order valence-electron chi connectivity index (χ2n) is 3.83. The lowest BCUT2D eigenvalue weighted by Crippen LogP contribution is -2.50. The van der Waals surface area contributed by atoms with Crippen molar-refractivity contribution in [1.29, 1.82) is 0 Å². The van der Waals surface area contributed by atoms with Crippen molar-refractivity contribution in [1.82, 2.24) is 5.32 Å². The van der Waals surface area contributed by atoms with E-state index in [4.69, 9.17) is 16.3 Å². The van der Waals surface area contributed by atoms with Crippen molar-refractivity contribution in [3.63, 3.8) is 0 Å². The number of benzene rings is 1. The predicted octanol–water partition coefficient (Wildman–Crippen LogP) is 0.765. The molecule has 0 spiro atoms. The monoisotopic (exact) mass is 268 g/mol. The largest absolute Gasteiger partial charge is 0.477 e. The molecule has 96 valence electrons. The topological polar surface area (TPSA) is 58.6 Å². The number of carbonyl (C=O) groups excluding carboxylic acids is 2. The van der Waals surface area contributed by atoms with E-state index >= 15 is 0 Å². The Bertz CT molecular complexity index is 478. The predicted molar refractivity (Wildman–Crippen MR) is 68.0 cm³/mol. The molecule has 1 aliphatic rings. The van der Waals surface area contributed by atoms with Crippen molar-refractivity contribution < 1.29 is 14.3 Å². The number of alkyl halides is 1. The third-order valence-electron chi connectivity index (χ3n) is 2.73. The lowest BCUT2D eigenvalue weighted by molar-refractivity contribution is -0.127. The summed E-state index contributed by atoms with van der Waals surface area (Å²) in [6, 6.07) is 7.07. The highest BCUT2D eigenvalue weighted by Gasteiger charge is 2.32. The number of nitrogens with zero attached hydrogens (tertiary/aromatic N) is 1. The number of para-hydroxylation sites is 2. The third-order valence-corrected chi connectivity index (χ3v) is 2.96. The lowest BCUT2D eigenvalue weighted by Gasteiger charge is -2.33. The molecule has 5 nitrogen and oxygen atoms in total. The molecule has 1 aromatic carbocycles. The molecule has 0 fully saturated rings. The molecule has 1 aliphatic heterocycles. The molecule has 18 heavy (non-hydrogen) atoms. The first kappa shape index (κ1) is 12.7. The van der Waals surface area contributed by atoms with E-state index in [1.807, 2.05) is 0 Å². The number of nitrogens with one attached hydrogen (secondary N) is 1. The Morgan fingerprint density at radius 1 is 1.50 bits per heavy atom. The van der Waals surface area contributed by atoms with Crippen molar-refractivity contribution in [2.24, 2.45) is 0 Å². The number of anilines is 1. The van der Waals surface area contributed by atoms with Crippen molar-refractivity contribution in [2.45, 2.75) is 6.10 Å². The van der Waals surface area contributed by atoms with Gasteiger partial charge in [-0.3, -0.25) is 9.59 Å². The van der Waals surface area contributed by atoms with Gasteiger partial charge >= 0.3 is 0 Å². The fourth-order valence-corrected chi connectivity index (χ4v) is 1.98. The maximum Gasteiger partial charge on any atom is 0.262 e. The van der Waals surface area contributed by atoms with E-state index in [0.29, 0.717) is 11.4 Å². The molecule has 1 unspecified atom stereocenters. The second kappa shape index (κ2) is 5.27. The van der Waals surface area contributed by atoms with Crippen LogP contribution in [0.1, 0.15) is 0 Å². The van der Waals surface area contributed by atoms with Crippen LogP contribution in [0.4, 0.5) is 5.69 Å². The van der Waals surface area contributed by atoms with Gasteiger partial charge in [0.2, 0.25) is 5.91 Å². The summed E-state index contributed by atoms with van der Waals surface area (Å²) in [5.41, 5.74) is 0.642. The van der Waals surface area contributed by atoms with Crippen LogP contribution in [0, 0.1) is 0 Å². The van der Waals surface area contributed by atoms with Crippen LogP contribution in [0.5, 0.6) is 5.75 Å². The van der Waals surface area contributed by atoms with Gasteiger partial charge in [-0.05, 0) is 12.1 Å². The summed E-state index contributed by atoms with van der Waals surface area (Å²) >= 11 is 5.58. The normalized spacial score (nSPS) is 17.7. The van der Waals surface area contributed by atoms with Gasteiger partial charge in [0.1, 0.15) is 11.6 Å². The van der Waals surface area contributed by atoms with E-state index in [-0.39, 0.29) is 24.2 Å². The minimum Gasteiger partial charge on any atom is -0.477 e. The van der Waals surface area contributed by atoms with Crippen LogP contribution in [-0.4, -0.2) is 37.4 Å². The van der Waals surface area contributed by atoms with E-state index in [1.165, 1.54) is 11.9 Å². The highest BCUT2D eigenvalue weighted by atomic mass is 35.5. The smallest absolute Gasteiger partial charge is 0.262 e. The Labute approximate surface area is 110 Å². The van der Waals surface area contributed by atoms with Gasteiger partial charge in [0.15, 0.2) is 6.10 Å². The number of hydrogen-bond donors (Lipinski definition) is 1. The van der Waals surface area contributed by atoms with Crippen LogP contribution in [-0.2, 0) is 9.59 Å². The fraction of sp³-hybridized carbons (Fsp3) is 0.333. The van der Waals surface area contributed by atoms with Gasteiger partial charge in [-0.2, -0.15) is 0 Å². The van der Waals surface area contributed by atoms with Gasteiger partial charge in [0.05, 0.1) is 12.2 Å². The van der Waals surface area contributed by atoms with Gasteiger partial charge in [0.25, 0.3) is 5.91 Å². The molecule has 0 saturated carbocycles. The number of fused-ring (bicyclic) bond motifs is 1.